The van der Waals surface area contributed by atoms with E-state index in [9.17, 15) is 8.42 Å². The predicted octanol–water partition coefficient (Wildman–Crippen LogP) is 1.15. The van der Waals surface area contributed by atoms with E-state index >= 15 is 0 Å². The first-order valence-electron chi connectivity index (χ1n) is 6.99. The van der Waals surface area contributed by atoms with Crippen molar-refractivity contribution in [2.24, 2.45) is 0 Å². The lowest BCUT2D eigenvalue weighted by atomic mass is 10.3. The molecule has 114 valence electrons. The lowest BCUT2D eigenvalue weighted by Gasteiger charge is -2.14. The number of hydrogen-bond acceptors (Lipinski definition) is 5. The van der Waals surface area contributed by atoms with Crippen molar-refractivity contribution in [1.29, 1.82) is 0 Å². The van der Waals surface area contributed by atoms with E-state index < -0.39 is 10.0 Å². The van der Waals surface area contributed by atoms with Crippen molar-refractivity contribution < 1.29 is 8.42 Å². The van der Waals surface area contributed by atoms with Crippen LogP contribution in [0.25, 0.3) is 0 Å². The molecule has 0 atom stereocenters. The topological polar surface area (TPSA) is 61.4 Å². The number of likely N-dealkylation sites (tertiary alicyclic amines) is 1. The van der Waals surface area contributed by atoms with Crippen LogP contribution in [-0.4, -0.2) is 46.5 Å². The van der Waals surface area contributed by atoms with Gasteiger partial charge in [-0.2, -0.15) is 0 Å². The summed E-state index contributed by atoms with van der Waals surface area (Å²) >= 11 is 1.35. The molecule has 0 radical (unpaired) electrons. The van der Waals surface area contributed by atoms with Gasteiger partial charge in [0, 0.05) is 24.5 Å². The number of nitrogens with zero attached hydrogens (tertiary/aromatic N) is 1. The quantitative estimate of drug-likeness (QED) is 0.792. The van der Waals surface area contributed by atoms with E-state index in [2.05, 4.69) is 14.9 Å². The molecular formula is C13H23N3O2S2. The molecule has 1 fully saturated rings. The second-order valence-electron chi connectivity index (χ2n) is 5.15. The number of sulfonamides is 1. The van der Waals surface area contributed by atoms with Crippen LogP contribution in [0.15, 0.2) is 10.3 Å². The molecule has 0 amide bonds. The summed E-state index contributed by atoms with van der Waals surface area (Å²) in [6.45, 7) is 6.12. The summed E-state index contributed by atoms with van der Waals surface area (Å²) in [5.41, 5.74) is 1.03. The monoisotopic (exact) mass is 317 g/mol. The molecule has 20 heavy (non-hydrogen) atoms. The van der Waals surface area contributed by atoms with Crippen LogP contribution in [0.5, 0.6) is 0 Å². The average molecular weight is 317 g/mol. The van der Waals surface area contributed by atoms with Crippen molar-refractivity contribution in [2.45, 2.75) is 30.5 Å². The zero-order valence-electron chi connectivity index (χ0n) is 12.1. The molecule has 2 rings (SSSR count). The molecule has 1 aromatic rings. The molecule has 0 bridgehead atoms. The minimum Gasteiger partial charge on any atom is -0.315 e. The smallest absolute Gasteiger partial charge is 0.250 e. The summed E-state index contributed by atoms with van der Waals surface area (Å²) in [7, 11) is -1.50. The summed E-state index contributed by atoms with van der Waals surface area (Å²) in [6, 6.07) is 1.76. The second kappa shape index (κ2) is 7.00. The van der Waals surface area contributed by atoms with Gasteiger partial charge in [0.05, 0.1) is 0 Å². The molecule has 0 unspecified atom stereocenters. The van der Waals surface area contributed by atoms with Crippen LogP contribution in [0.4, 0.5) is 0 Å². The van der Waals surface area contributed by atoms with E-state index in [-0.39, 0.29) is 0 Å². The van der Waals surface area contributed by atoms with E-state index in [1.54, 1.807) is 6.07 Å². The fraction of sp³-hybridized carbons (Fsp3) is 0.692. The van der Waals surface area contributed by atoms with Crippen molar-refractivity contribution in [3.05, 3.63) is 16.5 Å². The van der Waals surface area contributed by atoms with Gasteiger partial charge in [-0.1, -0.05) is 0 Å². The predicted molar refractivity (Wildman–Crippen MR) is 82.7 cm³/mol. The summed E-state index contributed by atoms with van der Waals surface area (Å²) in [6.07, 6.45) is 2.45. The number of rotatable bonds is 7. The van der Waals surface area contributed by atoms with Crippen LogP contribution in [0, 0.1) is 6.92 Å². The molecule has 1 aliphatic rings. The van der Waals surface area contributed by atoms with Gasteiger partial charge in [-0.15, -0.1) is 11.3 Å². The van der Waals surface area contributed by atoms with Gasteiger partial charge in [-0.25, -0.2) is 13.1 Å². The van der Waals surface area contributed by atoms with Gasteiger partial charge >= 0.3 is 0 Å². The zero-order valence-corrected chi connectivity index (χ0v) is 13.7. The second-order valence-corrected chi connectivity index (χ2v) is 8.28. The van der Waals surface area contributed by atoms with E-state index in [0.29, 0.717) is 17.3 Å². The maximum atomic E-state index is 12.2. The van der Waals surface area contributed by atoms with E-state index in [1.807, 2.05) is 14.0 Å². The van der Waals surface area contributed by atoms with Crippen molar-refractivity contribution in [1.82, 2.24) is 14.9 Å². The Morgan fingerprint density at radius 1 is 1.35 bits per heavy atom. The lowest BCUT2D eigenvalue weighted by Crippen LogP contribution is -2.33. The summed E-state index contributed by atoms with van der Waals surface area (Å²) in [5.74, 6) is 0. The van der Waals surface area contributed by atoms with E-state index in [1.165, 1.54) is 24.2 Å². The molecule has 2 N–H and O–H groups in total. The molecule has 0 aliphatic carbocycles. The molecule has 1 saturated heterocycles. The van der Waals surface area contributed by atoms with Crippen LogP contribution < -0.4 is 10.0 Å². The van der Waals surface area contributed by atoms with E-state index in [4.69, 9.17) is 0 Å². The minimum atomic E-state index is -3.36. The van der Waals surface area contributed by atoms with Crippen LogP contribution in [0.3, 0.4) is 0 Å². The maximum Gasteiger partial charge on any atom is 0.250 e. The Labute approximate surface area is 125 Å². The molecule has 5 nitrogen and oxygen atoms in total. The van der Waals surface area contributed by atoms with Crippen molar-refractivity contribution in [3.63, 3.8) is 0 Å². The molecule has 1 aliphatic heterocycles. The number of thiophene rings is 1. The SMILES string of the molecule is CNCc1sc(S(=O)(=O)NCCN2CCCC2)cc1C. The Bertz CT molecular complexity index is 534. The van der Waals surface area contributed by atoms with Gasteiger partial charge in [-0.3, -0.25) is 0 Å². The zero-order chi connectivity index (χ0) is 14.6. The molecule has 1 aromatic heterocycles. The number of aryl methyl sites for hydroxylation is 1. The number of nitrogens with one attached hydrogen (secondary N) is 2. The van der Waals surface area contributed by atoms with Gasteiger partial charge in [0.15, 0.2) is 0 Å². The average Bonchev–Trinajstić information content (AvgIpc) is 3.01. The number of hydrogen-bond donors (Lipinski definition) is 2. The Kier molecular flexibility index (Phi) is 5.57. The fourth-order valence-corrected chi connectivity index (χ4v) is 5.04. The Morgan fingerprint density at radius 2 is 2.05 bits per heavy atom. The molecule has 0 aromatic carbocycles. The van der Waals surface area contributed by atoms with Gasteiger partial charge in [0.25, 0.3) is 0 Å². The van der Waals surface area contributed by atoms with Gasteiger partial charge < -0.3 is 10.2 Å². The summed E-state index contributed by atoms with van der Waals surface area (Å²) in [5, 5.41) is 3.06. The van der Waals surface area contributed by atoms with Crippen LogP contribution >= 0.6 is 11.3 Å². The maximum absolute atomic E-state index is 12.2. The van der Waals surface area contributed by atoms with Gasteiger partial charge in [0.2, 0.25) is 10.0 Å². The standard InChI is InChI=1S/C13H23N3O2S2/c1-11-9-13(19-12(11)10-14-2)20(17,18)15-5-8-16-6-3-4-7-16/h9,14-15H,3-8,10H2,1-2H3. The Morgan fingerprint density at radius 3 is 2.70 bits per heavy atom. The molecule has 7 heteroatoms. The van der Waals surface area contributed by atoms with Gasteiger partial charge in [0.1, 0.15) is 4.21 Å². The first-order chi connectivity index (χ1) is 9.53. The first kappa shape index (κ1) is 15.9. The third kappa shape index (κ3) is 4.02. The highest BCUT2D eigenvalue weighted by atomic mass is 32.2. The molecule has 2 heterocycles. The minimum absolute atomic E-state index is 0.418. The fourth-order valence-electron chi connectivity index (χ4n) is 2.37. The van der Waals surface area contributed by atoms with E-state index in [0.717, 1.165) is 30.1 Å². The van der Waals surface area contributed by atoms with Crippen LogP contribution in [0.2, 0.25) is 0 Å². The molecular weight excluding hydrogens is 294 g/mol. The normalized spacial score (nSPS) is 16.9. The highest BCUT2D eigenvalue weighted by molar-refractivity contribution is 7.91. The van der Waals surface area contributed by atoms with Gasteiger partial charge in [-0.05, 0) is 51.5 Å². The van der Waals surface area contributed by atoms with Crippen molar-refractivity contribution >= 4 is 21.4 Å². The molecule has 0 saturated carbocycles. The highest BCUT2D eigenvalue weighted by Gasteiger charge is 2.19. The summed E-state index contributed by atoms with van der Waals surface area (Å²) < 4.78 is 27.6. The highest BCUT2D eigenvalue weighted by Crippen LogP contribution is 2.25. The van der Waals surface area contributed by atoms with Crippen molar-refractivity contribution in [3.8, 4) is 0 Å². The largest absolute Gasteiger partial charge is 0.315 e. The summed E-state index contributed by atoms with van der Waals surface area (Å²) in [4.78, 5) is 3.38. The third-order valence-corrected chi connectivity index (χ3v) is 6.69. The third-order valence-electron chi connectivity index (χ3n) is 3.52. The Balaban J connectivity index is 1.93. The van der Waals surface area contributed by atoms with Crippen molar-refractivity contribution in [2.75, 3.05) is 33.2 Å². The van der Waals surface area contributed by atoms with Crippen LogP contribution in [-0.2, 0) is 16.6 Å². The van der Waals surface area contributed by atoms with Crippen LogP contribution in [0.1, 0.15) is 23.3 Å². The lowest BCUT2D eigenvalue weighted by molar-refractivity contribution is 0.344. The Hall–Kier alpha value is -0.470. The molecule has 0 spiro atoms. The first-order valence-corrected chi connectivity index (χ1v) is 9.29.